The highest BCUT2D eigenvalue weighted by Crippen LogP contribution is 2.50. The maximum atomic E-state index is 2.61. The molecule has 2 bridgehead atoms. The largest absolute Gasteiger partial charge is 0.169 e. The van der Waals surface area contributed by atoms with Gasteiger partial charge in [0.1, 0.15) is 0 Å². The summed E-state index contributed by atoms with van der Waals surface area (Å²) in [6.07, 6.45) is 11.4. The molecule has 2 heteroatoms. The second kappa shape index (κ2) is 5.34. The van der Waals surface area contributed by atoms with Gasteiger partial charge >= 0.3 is 0 Å². The molecule has 0 aromatic carbocycles. The first-order chi connectivity index (χ1) is 8.04. The quantitative estimate of drug-likeness (QED) is 0.589. The lowest BCUT2D eigenvalue weighted by atomic mass is 9.37. The van der Waals surface area contributed by atoms with Crippen LogP contribution in [0.5, 0.6) is 0 Å². The van der Waals surface area contributed by atoms with Crippen molar-refractivity contribution in [1.82, 2.24) is 0 Å². The molecule has 0 aliphatic carbocycles. The van der Waals surface area contributed by atoms with Gasteiger partial charge in [-0.05, 0) is 12.8 Å². The second-order valence-corrected chi connectivity index (χ2v) is 12.8. The summed E-state index contributed by atoms with van der Waals surface area (Å²) in [5, 5.41) is 0. The predicted molar refractivity (Wildman–Crippen MR) is 82.6 cm³/mol. The van der Waals surface area contributed by atoms with Crippen LogP contribution in [0.1, 0.15) is 45.4 Å². The van der Waals surface area contributed by atoms with Gasteiger partial charge in [0.25, 0.3) is 0 Å². The molecule has 2 fully saturated rings. The third-order valence-electron chi connectivity index (χ3n) is 5.18. The molecule has 2 saturated heterocycles. The normalized spacial score (nSPS) is 35.1. The fraction of sp³-hybridized carbons (Fsp3) is 0.867. The van der Waals surface area contributed by atoms with Crippen molar-refractivity contribution in [3.8, 4) is 0 Å². The van der Waals surface area contributed by atoms with Gasteiger partial charge in [-0.2, -0.15) is 0 Å². The molecule has 0 radical (unpaired) electrons. The van der Waals surface area contributed by atoms with Crippen molar-refractivity contribution < 1.29 is 0 Å². The van der Waals surface area contributed by atoms with Crippen molar-refractivity contribution in [2.24, 2.45) is 5.92 Å². The summed E-state index contributed by atoms with van der Waals surface area (Å²) in [5.41, 5.74) is 1.05. The van der Waals surface area contributed by atoms with E-state index >= 15 is 0 Å². The lowest BCUT2D eigenvalue weighted by molar-refractivity contribution is 0.411. The van der Waals surface area contributed by atoms with Crippen LogP contribution in [0.3, 0.4) is 0 Å². The molecule has 2 aliphatic heterocycles. The maximum absolute atomic E-state index is 2.61. The summed E-state index contributed by atoms with van der Waals surface area (Å²) < 4.78 is 0. The summed E-state index contributed by atoms with van der Waals surface area (Å²) >= 11 is 0. The Balaban J connectivity index is 2.34. The zero-order valence-electron chi connectivity index (χ0n) is 12.2. The summed E-state index contributed by atoms with van der Waals surface area (Å²) in [7, 11) is -1.03. The lowest BCUT2D eigenvalue weighted by Crippen LogP contribution is -2.42. The molecule has 0 amide bonds. The van der Waals surface area contributed by atoms with Gasteiger partial charge in [-0.3, -0.25) is 0 Å². The number of hydrogen-bond acceptors (Lipinski definition) is 0. The van der Waals surface area contributed by atoms with Gasteiger partial charge in [0.15, 0.2) is 6.71 Å². The van der Waals surface area contributed by atoms with Crippen LogP contribution in [0.2, 0.25) is 30.9 Å². The molecule has 0 saturated carbocycles. The van der Waals surface area contributed by atoms with Crippen LogP contribution in [-0.4, -0.2) is 14.8 Å². The van der Waals surface area contributed by atoms with Crippen LogP contribution < -0.4 is 0 Å². The molecule has 96 valence electrons. The molecule has 0 spiro atoms. The third kappa shape index (κ3) is 2.89. The average Bonchev–Trinajstić information content (AvgIpc) is 2.44. The second-order valence-electron chi connectivity index (χ2n) is 7.38. The van der Waals surface area contributed by atoms with Gasteiger partial charge in [-0.25, -0.2) is 0 Å². The molecule has 2 rings (SSSR count). The van der Waals surface area contributed by atoms with E-state index in [4.69, 9.17) is 0 Å². The Morgan fingerprint density at radius 3 is 2.06 bits per heavy atom. The third-order valence-corrected chi connectivity index (χ3v) is 8.04. The standard InChI is InChI=1S/C15H29BSi/c1-5-12-16-14-10-6-8-13(9-7-11-14)15(16)17(2,3)4/h5,12-15H,6-11H2,1-4H3/b12-5-. The van der Waals surface area contributed by atoms with Crippen LogP contribution in [0.15, 0.2) is 12.1 Å². The zero-order chi connectivity index (χ0) is 12.5. The van der Waals surface area contributed by atoms with Crippen LogP contribution in [0, 0.1) is 5.92 Å². The molecule has 1 atom stereocenters. The molecule has 17 heavy (non-hydrogen) atoms. The van der Waals surface area contributed by atoms with E-state index in [1.54, 1.807) is 0 Å². The molecule has 2 aliphatic rings. The summed E-state index contributed by atoms with van der Waals surface area (Å²) in [6, 6.07) is 0. The highest BCUT2D eigenvalue weighted by atomic mass is 28.3. The molecule has 2 heterocycles. The van der Waals surface area contributed by atoms with Gasteiger partial charge in [0.05, 0.1) is 0 Å². The summed E-state index contributed by atoms with van der Waals surface area (Å²) in [6.45, 7) is 11.0. The minimum atomic E-state index is -1.03. The van der Waals surface area contributed by atoms with E-state index in [0.29, 0.717) is 0 Å². The van der Waals surface area contributed by atoms with Crippen LogP contribution in [-0.2, 0) is 0 Å². The smallest absolute Gasteiger partial charge is 0.119 e. The first-order valence-electron chi connectivity index (χ1n) is 7.67. The molecule has 0 aromatic rings. The van der Waals surface area contributed by atoms with Crippen LogP contribution in [0.4, 0.5) is 0 Å². The van der Waals surface area contributed by atoms with Gasteiger partial charge in [0, 0.05) is 8.07 Å². The average molecular weight is 248 g/mol. The van der Waals surface area contributed by atoms with Crippen molar-refractivity contribution in [3.63, 3.8) is 0 Å². The Morgan fingerprint density at radius 1 is 1.00 bits per heavy atom. The first kappa shape index (κ1) is 13.5. The van der Waals surface area contributed by atoms with E-state index in [0.717, 1.165) is 23.9 Å². The number of allylic oxidation sites excluding steroid dienone is 1. The Hall–Kier alpha value is 0.0218. The Labute approximate surface area is 109 Å². The van der Waals surface area contributed by atoms with Crippen LogP contribution >= 0.6 is 0 Å². The van der Waals surface area contributed by atoms with Crippen molar-refractivity contribution in [1.29, 1.82) is 0 Å². The maximum Gasteiger partial charge on any atom is 0.169 e. The van der Waals surface area contributed by atoms with Crippen molar-refractivity contribution in [2.45, 2.75) is 76.3 Å². The van der Waals surface area contributed by atoms with E-state index in [2.05, 4.69) is 38.6 Å². The number of rotatable bonds is 2. The van der Waals surface area contributed by atoms with Gasteiger partial charge in [0.2, 0.25) is 0 Å². The molecule has 0 aromatic heterocycles. The fourth-order valence-electron chi connectivity index (χ4n) is 4.71. The Kier molecular flexibility index (Phi) is 4.23. The molecular weight excluding hydrogens is 219 g/mol. The van der Waals surface area contributed by atoms with Crippen molar-refractivity contribution >= 4 is 14.8 Å². The van der Waals surface area contributed by atoms with E-state index in [1.165, 1.54) is 38.5 Å². The molecular formula is C15H29BSi. The fourth-order valence-corrected chi connectivity index (χ4v) is 7.99. The molecule has 0 N–H and O–H groups in total. The van der Waals surface area contributed by atoms with Crippen molar-refractivity contribution in [3.05, 3.63) is 12.1 Å². The first-order valence-corrected chi connectivity index (χ1v) is 11.2. The summed E-state index contributed by atoms with van der Waals surface area (Å²) in [5.74, 6) is 4.64. The van der Waals surface area contributed by atoms with E-state index in [-0.39, 0.29) is 0 Å². The highest BCUT2D eigenvalue weighted by molar-refractivity contribution is 6.92. The van der Waals surface area contributed by atoms with E-state index in [1.807, 2.05) is 0 Å². The van der Waals surface area contributed by atoms with Gasteiger partial charge < -0.3 is 0 Å². The monoisotopic (exact) mass is 248 g/mol. The Bertz CT molecular complexity index is 269. The minimum absolute atomic E-state index is 0.918. The zero-order valence-corrected chi connectivity index (χ0v) is 13.2. The van der Waals surface area contributed by atoms with E-state index in [9.17, 15) is 0 Å². The predicted octanol–water partition coefficient (Wildman–Crippen LogP) is 5.20. The Morgan fingerprint density at radius 2 is 1.59 bits per heavy atom. The van der Waals surface area contributed by atoms with Gasteiger partial charge in [-0.15, -0.1) is 12.1 Å². The lowest BCUT2D eigenvalue weighted by Gasteiger charge is -2.38. The van der Waals surface area contributed by atoms with Gasteiger partial charge in [-0.1, -0.05) is 69.4 Å². The van der Waals surface area contributed by atoms with Crippen molar-refractivity contribution in [2.75, 3.05) is 0 Å². The van der Waals surface area contributed by atoms with Crippen LogP contribution in [0.25, 0.3) is 0 Å². The molecule has 1 unspecified atom stereocenters. The number of hydrogen-bond donors (Lipinski definition) is 0. The van der Waals surface area contributed by atoms with E-state index < -0.39 is 8.07 Å². The highest BCUT2D eigenvalue weighted by Gasteiger charge is 2.45. The molecule has 0 nitrogen and oxygen atoms in total. The minimum Gasteiger partial charge on any atom is -0.119 e. The number of fused-ring (bicyclic) bond motifs is 3. The summed E-state index contributed by atoms with van der Waals surface area (Å²) in [4.78, 5) is 0. The SMILES string of the molecule is C/C=C\B1C2CCCC(CCC2)C1[Si](C)(C)C. The topological polar surface area (TPSA) is 0 Å².